The lowest BCUT2D eigenvalue weighted by atomic mass is 9.87. The molecule has 1 aliphatic rings. The van der Waals surface area contributed by atoms with Crippen molar-refractivity contribution in [2.45, 2.75) is 97.2 Å². The van der Waals surface area contributed by atoms with Crippen molar-refractivity contribution in [2.24, 2.45) is 11.8 Å². The highest BCUT2D eigenvalue weighted by Crippen LogP contribution is 2.36. The molecule has 1 heterocycles. The quantitative estimate of drug-likeness (QED) is 0.392. The zero-order valence-corrected chi connectivity index (χ0v) is 15.1. The van der Waals surface area contributed by atoms with Gasteiger partial charge in [0.05, 0.1) is 19.3 Å². The Bertz CT molecular complexity index is 303. The van der Waals surface area contributed by atoms with Gasteiger partial charge in [-0.25, -0.2) is 0 Å². The van der Waals surface area contributed by atoms with Gasteiger partial charge in [0.25, 0.3) is 0 Å². The lowest BCUT2D eigenvalue weighted by molar-refractivity contribution is -0.140. The van der Waals surface area contributed by atoms with Crippen LogP contribution in [0.25, 0.3) is 0 Å². The molecule has 1 saturated heterocycles. The Morgan fingerprint density at radius 1 is 0.909 bits per heavy atom. The smallest absolute Gasteiger partial charge is 0.305 e. The van der Waals surface area contributed by atoms with Gasteiger partial charge in [-0.15, -0.1) is 0 Å². The summed E-state index contributed by atoms with van der Waals surface area (Å²) in [4.78, 5) is 11.0. The Kier molecular flexibility index (Phi) is 9.77. The molecule has 0 amide bonds. The Morgan fingerprint density at radius 3 is 2.05 bits per heavy atom. The summed E-state index contributed by atoms with van der Waals surface area (Å²) in [6.07, 6.45) is 12.4. The van der Waals surface area contributed by atoms with E-state index in [1.165, 1.54) is 52.1 Å². The zero-order chi connectivity index (χ0) is 16.4. The molecule has 1 aliphatic heterocycles. The standard InChI is InChI=1S/C19H36O3/c1-5-12-17-15(2)16(3)18(22-17)13-10-8-6-7-9-11-14-19(20)21-4/h15-18H,5-14H2,1-4H3/t15-,16-,17+,18+/m0/s1. The molecule has 0 aliphatic carbocycles. The molecule has 4 atom stereocenters. The van der Waals surface area contributed by atoms with Crippen molar-refractivity contribution in [1.82, 2.24) is 0 Å². The van der Waals surface area contributed by atoms with Gasteiger partial charge < -0.3 is 9.47 Å². The highest BCUT2D eigenvalue weighted by molar-refractivity contribution is 5.68. The SMILES string of the molecule is CCC[C@H]1O[C@H](CCCCCCCCC(=O)OC)[C@@H](C)[C@@H]1C. The third kappa shape index (κ3) is 6.68. The van der Waals surface area contributed by atoms with E-state index >= 15 is 0 Å². The lowest BCUT2D eigenvalue weighted by Gasteiger charge is -2.15. The Hall–Kier alpha value is -0.570. The van der Waals surface area contributed by atoms with E-state index in [4.69, 9.17) is 4.74 Å². The molecule has 0 bridgehead atoms. The molecule has 0 saturated carbocycles. The predicted octanol–water partition coefficient (Wildman–Crippen LogP) is 5.12. The first-order valence-electron chi connectivity index (χ1n) is 9.32. The van der Waals surface area contributed by atoms with Crippen LogP contribution in [0.5, 0.6) is 0 Å². The van der Waals surface area contributed by atoms with Crippen LogP contribution in [0.1, 0.15) is 85.0 Å². The number of rotatable bonds is 11. The largest absolute Gasteiger partial charge is 0.469 e. The van der Waals surface area contributed by atoms with Crippen LogP contribution in [0.3, 0.4) is 0 Å². The second kappa shape index (κ2) is 11.0. The van der Waals surface area contributed by atoms with Gasteiger partial charge in [0, 0.05) is 6.42 Å². The molecule has 0 N–H and O–H groups in total. The average molecular weight is 312 g/mol. The van der Waals surface area contributed by atoms with Gasteiger partial charge in [-0.2, -0.15) is 0 Å². The molecule has 1 fully saturated rings. The van der Waals surface area contributed by atoms with Gasteiger partial charge in [-0.1, -0.05) is 59.3 Å². The van der Waals surface area contributed by atoms with Crippen molar-refractivity contribution in [3.05, 3.63) is 0 Å². The molecule has 0 unspecified atom stereocenters. The molecule has 0 spiro atoms. The average Bonchev–Trinajstić information content (AvgIpc) is 2.78. The summed E-state index contributed by atoms with van der Waals surface area (Å²) in [6, 6.07) is 0. The van der Waals surface area contributed by atoms with Crippen molar-refractivity contribution in [3.8, 4) is 0 Å². The molecule has 0 aromatic carbocycles. The molecule has 0 radical (unpaired) electrons. The maximum absolute atomic E-state index is 11.0. The van der Waals surface area contributed by atoms with Crippen LogP contribution < -0.4 is 0 Å². The summed E-state index contributed by atoms with van der Waals surface area (Å²) in [5.74, 6) is 1.34. The third-order valence-electron chi connectivity index (χ3n) is 5.27. The number of methoxy groups -OCH3 is 1. The Labute approximate surface area is 137 Å². The third-order valence-corrected chi connectivity index (χ3v) is 5.27. The van der Waals surface area contributed by atoms with Gasteiger partial charge in [0.2, 0.25) is 0 Å². The van der Waals surface area contributed by atoms with Crippen molar-refractivity contribution in [1.29, 1.82) is 0 Å². The van der Waals surface area contributed by atoms with Crippen LogP contribution >= 0.6 is 0 Å². The molecule has 0 aromatic rings. The molecule has 0 aromatic heterocycles. The zero-order valence-electron chi connectivity index (χ0n) is 15.1. The van der Waals surface area contributed by atoms with E-state index in [0.29, 0.717) is 30.5 Å². The maximum atomic E-state index is 11.0. The van der Waals surface area contributed by atoms with Crippen LogP contribution in [0.4, 0.5) is 0 Å². The minimum absolute atomic E-state index is 0.0804. The first kappa shape index (κ1) is 19.5. The van der Waals surface area contributed by atoms with Crippen LogP contribution in [-0.2, 0) is 14.3 Å². The molecule has 1 rings (SSSR count). The number of carbonyl (C=O) groups excluding carboxylic acids is 1. The van der Waals surface area contributed by atoms with Crippen LogP contribution in [0.15, 0.2) is 0 Å². The number of hydrogen-bond donors (Lipinski definition) is 0. The van der Waals surface area contributed by atoms with Crippen molar-refractivity contribution in [3.63, 3.8) is 0 Å². The van der Waals surface area contributed by atoms with Crippen molar-refractivity contribution < 1.29 is 14.3 Å². The molecule has 3 nitrogen and oxygen atoms in total. The highest BCUT2D eigenvalue weighted by Gasteiger charge is 2.37. The summed E-state index contributed by atoms with van der Waals surface area (Å²) in [7, 11) is 1.46. The molecule has 3 heteroatoms. The summed E-state index contributed by atoms with van der Waals surface area (Å²) < 4.78 is 10.9. The molecular weight excluding hydrogens is 276 g/mol. The molecule has 22 heavy (non-hydrogen) atoms. The van der Waals surface area contributed by atoms with Crippen LogP contribution in [0.2, 0.25) is 0 Å². The van der Waals surface area contributed by atoms with Crippen molar-refractivity contribution >= 4 is 5.97 Å². The number of hydrogen-bond acceptors (Lipinski definition) is 3. The van der Waals surface area contributed by atoms with Gasteiger partial charge in [0.1, 0.15) is 0 Å². The predicted molar refractivity (Wildman–Crippen MR) is 90.8 cm³/mol. The van der Waals surface area contributed by atoms with E-state index in [1.807, 2.05) is 0 Å². The normalized spacial score (nSPS) is 28.0. The first-order valence-corrected chi connectivity index (χ1v) is 9.32. The maximum Gasteiger partial charge on any atom is 0.305 e. The molecular formula is C19H36O3. The second-order valence-electron chi connectivity index (χ2n) is 6.96. The van der Waals surface area contributed by atoms with Crippen LogP contribution in [0, 0.1) is 11.8 Å². The topological polar surface area (TPSA) is 35.5 Å². The van der Waals surface area contributed by atoms with Crippen molar-refractivity contribution in [2.75, 3.05) is 7.11 Å². The fourth-order valence-electron chi connectivity index (χ4n) is 3.52. The van der Waals surface area contributed by atoms with Crippen LogP contribution in [-0.4, -0.2) is 25.3 Å². The van der Waals surface area contributed by atoms with Gasteiger partial charge in [0.15, 0.2) is 0 Å². The van der Waals surface area contributed by atoms with Gasteiger partial charge in [-0.3, -0.25) is 4.79 Å². The lowest BCUT2D eigenvalue weighted by Crippen LogP contribution is -2.16. The van der Waals surface area contributed by atoms with E-state index in [2.05, 4.69) is 25.5 Å². The van der Waals surface area contributed by atoms with Gasteiger partial charge in [-0.05, 0) is 31.1 Å². The highest BCUT2D eigenvalue weighted by atomic mass is 16.5. The van der Waals surface area contributed by atoms with E-state index in [1.54, 1.807) is 0 Å². The Balaban J connectivity index is 2.02. The number of ether oxygens (including phenoxy) is 2. The summed E-state index contributed by atoms with van der Waals surface area (Å²) in [5, 5.41) is 0. The van der Waals surface area contributed by atoms with E-state index in [0.717, 1.165) is 12.8 Å². The van der Waals surface area contributed by atoms with Gasteiger partial charge >= 0.3 is 5.97 Å². The minimum atomic E-state index is -0.0804. The summed E-state index contributed by atoms with van der Waals surface area (Å²) >= 11 is 0. The fraction of sp³-hybridized carbons (Fsp3) is 0.947. The van der Waals surface area contributed by atoms with E-state index < -0.39 is 0 Å². The summed E-state index contributed by atoms with van der Waals surface area (Å²) in [5.41, 5.74) is 0. The fourth-order valence-corrected chi connectivity index (χ4v) is 3.52. The number of carbonyl (C=O) groups is 1. The Morgan fingerprint density at radius 2 is 1.45 bits per heavy atom. The molecule has 130 valence electrons. The first-order chi connectivity index (χ1) is 10.6. The van der Waals surface area contributed by atoms with E-state index in [9.17, 15) is 4.79 Å². The number of unbranched alkanes of at least 4 members (excludes halogenated alkanes) is 5. The summed E-state index contributed by atoms with van der Waals surface area (Å²) in [6.45, 7) is 6.96. The van der Waals surface area contributed by atoms with E-state index in [-0.39, 0.29) is 5.97 Å². The minimum Gasteiger partial charge on any atom is -0.469 e. The number of esters is 1. The second-order valence-corrected chi connectivity index (χ2v) is 6.96. The monoisotopic (exact) mass is 312 g/mol.